The van der Waals surface area contributed by atoms with Gasteiger partial charge in [0.25, 0.3) is 0 Å². The first kappa shape index (κ1) is 10.7. The summed E-state index contributed by atoms with van der Waals surface area (Å²) >= 11 is 0. The number of rotatable bonds is 3. The summed E-state index contributed by atoms with van der Waals surface area (Å²) in [4.78, 5) is 11.3. The van der Waals surface area contributed by atoms with Crippen molar-refractivity contribution in [3.05, 3.63) is 0 Å². The lowest BCUT2D eigenvalue weighted by Gasteiger charge is -2.18. The maximum atomic E-state index is 11.3. The Hall–Kier alpha value is -0.330. The molecule has 1 aliphatic carbocycles. The normalized spacial score (nSPS) is 20.7. The third kappa shape index (κ3) is 4.44. The Morgan fingerprint density at radius 1 is 1.08 bits per heavy atom. The first-order chi connectivity index (χ1) is 6.33. The summed E-state index contributed by atoms with van der Waals surface area (Å²) < 4.78 is 0. The van der Waals surface area contributed by atoms with Crippen molar-refractivity contribution in [1.82, 2.24) is 0 Å². The molecule has 0 unspecified atom stereocenters. The van der Waals surface area contributed by atoms with Gasteiger partial charge in [0, 0.05) is 12.8 Å². The minimum Gasteiger partial charge on any atom is -0.300 e. The van der Waals surface area contributed by atoms with E-state index in [9.17, 15) is 4.79 Å². The van der Waals surface area contributed by atoms with E-state index < -0.39 is 0 Å². The molecule has 0 amide bonds. The Morgan fingerprint density at radius 2 is 1.62 bits per heavy atom. The molecule has 0 spiro atoms. The van der Waals surface area contributed by atoms with Gasteiger partial charge < -0.3 is 0 Å². The van der Waals surface area contributed by atoms with Crippen molar-refractivity contribution in [2.45, 2.75) is 64.7 Å². The fourth-order valence-electron chi connectivity index (χ4n) is 2.21. The Labute approximate surface area is 81.9 Å². The van der Waals surface area contributed by atoms with E-state index in [0.717, 1.165) is 12.8 Å². The third-order valence-corrected chi connectivity index (χ3v) is 3.14. The standard InChI is InChI=1S/C12H22O/c1-2-12(13)10-11-8-6-4-3-5-7-9-11/h11H,2-10H2,1H3. The van der Waals surface area contributed by atoms with Crippen LogP contribution in [0.25, 0.3) is 0 Å². The number of carbonyl (C=O) groups is 1. The van der Waals surface area contributed by atoms with Gasteiger partial charge >= 0.3 is 0 Å². The van der Waals surface area contributed by atoms with Crippen molar-refractivity contribution >= 4 is 5.78 Å². The summed E-state index contributed by atoms with van der Waals surface area (Å²) in [6, 6.07) is 0. The second-order valence-corrected chi connectivity index (χ2v) is 4.31. The molecule has 0 bridgehead atoms. The van der Waals surface area contributed by atoms with E-state index in [1.54, 1.807) is 0 Å². The molecule has 0 N–H and O–H groups in total. The Morgan fingerprint density at radius 3 is 2.15 bits per heavy atom. The van der Waals surface area contributed by atoms with E-state index in [-0.39, 0.29) is 0 Å². The van der Waals surface area contributed by atoms with E-state index in [1.165, 1.54) is 44.9 Å². The predicted molar refractivity (Wildman–Crippen MR) is 55.7 cm³/mol. The van der Waals surface area contributed by atoms with Crippen molar-refractivity contribution < 1.29 is 4.79 Å². The minimum atomic E-state index is 0.463. The van der Waals surface area contributed by atoms with Gasteiger partial charge in [-0.3, -0.25) is 4.79 Å². The molecule has 1 nitrogen and oxygen atoms in total. The number of hydrogen-bond donors (Lipinski definition) is 0. The van der Waals surface area contributed by atoms with Crippen LogP contribution >= 0.6 is 0 Å². The Bertz CT molecular complexity index is 143. The van der Waals surface area contributed by atoms with Crippen LogP contribution < -0.4 is 0 Å². The predicted octanol–water partition coefficient (Wildman–Crippen LogP) is 3.72. The van der Waals surface area contributed by atoms with Gasteiger partial charge in [0.1, 0.15) is 5.78 Å². The van der Waals surface area contributed by atoms with E-state index in [4.69, 9.17) is 0 Å². The molecule has 0 saturated heterocycles. The number of Topliss-reactive ketones (excluding diaryl/α,β-unsaturated/α-hetero) is 1. The fraction of sp³-hybridized carbons (Fsp3) is 0.917. The van der Waals surface area contributed by atoms with E-state index >= 15 is 0 Å². The average Bonchev–Trinajstić information content (AvgIpc) is 2.09. The van der Waals surface area contributed by atoms with Crippen LogP contribution in [0.5, 0.6) is 0 Å². The van der Waals surface area contributed by atoms with E-state index in [2.05, 4.69) is 0 Å². The Balaban J connectivity index is 2.25. The van der Waals surface area contributed by atoms with Crippen LogP contribution in [0.15, 0.2) is 0 Å². The zero-order valence-corrected chi connectivity index (χ0v) is 8.85. The van der Waals surface area contributed by atoms with Crippen LogP contribution in [0.3, 0.4) is 0 Å². The van der Waals surface area contributed by atoms with Gasteiger partial charge in [-0.2, -0.15) is 0 Å². The molecule has 1 heteroatoms. The van der Waals surface area contributed by atoms with Crippen molar-refractivity contribution in [3.63, 3.8) is 0 Å². The van der Waals surface area contributed by atoms with Gasteiger partial charge in [0.2, 0.25) is 0 Å². The monoisotopic (exact) mass is 182 g/mol. The van der Waals surface area contributed by atoms with E-state index in [0.29, 0.717) is 11.7 Å². The van der Waals surface area contributed by atoms with Crippen LogP contribution in [0.2, 0.25) is 0 Å². The molecule has 1 fully saturated rings. The summed E-state index contributed by atoms with van der Waals surface area (Å²) in [5.74, 6) is 1.18. The number of carbonyl (C=O) groups excluding carboxylic acids is 1. The van der Waals surface area contributed by atoms with Crippen molar-refractivity contribution in [2.24, 2.45) is 5.92 Å². The average molecular weight is 182 g/mol. The molecule has 0 aliphatic heterocycles. The topological polar surface area (TPSA) is 17.1 Å². The molecule has 1 saturated carbocycles. The molecule has 13 heavy (non-hydrogen) atoms. The molecule has 1 rings (SSSR count). The number of ketones is 1. The molecule has 1 aliphatic rings. The van der Waals surface area contributed by atoms with Gasteiger partial charge in [-0.15, -0.1) is 0 Å². The summed E-state index contributed by atoms with van der Waals surface area (Å²) in [5, 5.41) is 0. The van der Waals surface area contributed by atoms with Crippen molar-refractivity contribution in [2.75, 3.05) is 0 Å². The fourth-order valence-corrected chi connectivity index (χ4v) is 2.21. The molecule has 0 aromatic carbocycles. The highest BCUT2D eigenvalue weighted by Gasteiger charge is 2.13. The van der Waals surface area contributed by atoms with Gasteiger partial charge in [-0.1, -0.05) is 51.9 Å². The summed E-state index contributed by atoms with van der Waals surface area (Å²) in [7, 11) is 0. The van der Waals surface area contributed by atoms with Gasteiger partial charge in [0.05, 0.1) is 0 Å². The first-order valence-electron chi connectivity index (χ1n) is 5.84. The number of hydrogen-bond acceptors (Lipinski definition) is 1. The molecule has 0 radical (unpaired) electrons. The highest BCUT2D eigenvalue weighted by atomic mass is 16.1. The van der Waals surface area contributed by atoms with Crippen LogP contribution in [-0.4, -0.2) is 5.78 Å². The lowest BCUT2D eigenvalue weighted by atomic mass is 9.87. The maximum Gasteiger partial charge on any atom is 0.132 e. The van der Waals surface area contributed by atoms with Crippen LogP contribution in [0, 0.1) is 5.92 Å². The summed E-state index contributed by atoms with van der Waals surface area (Å²) in [5.41, 5.74) is 0. The molecule has 0 heterocycles. The lowest BCUT2D eigenvalue weighted by molar-refractivity contribution is -0.119. The maximum absolute atomic E-state index is 11.3. The largest absolute Gasteiger partial charge is 0.300 e. The zero-order valence-electron chi connectivity index (χ0n) is 8.85. The lowest BCUT2D eigenvalue weighted by Crippen LogP contribution is -2.09. The second-order valence-electron chi connectivity index (χ2n) is 4.31. The highest BCUT2D eigenvalue weighted by molar-refractivity contribution is 5.78. The highest BCUT2D eigenvalue weighted by Crippen LogP contribution is 2.25. The smallest absolute Gasteiger partial charge is 0.132 e. The van der Waals surface area contributed by atoms with Gasteiger partial charge in [-0.25, -0.2) is 0 Å². The van der Waals surface area contributed by atoms with Crippen molar-refractivity contribution in [1.29, 1.82) is 0 Å². The van der Waals surface area contributed by atoms with Crippen LogP contribution in [0.4, 0.5) is 0 Å². The van der Waals surface area contributed by atoms with Crippen molar-refractivity contribution in [3.8, 4) is 0 Å². The Kier molecular flexibility index (Phi) is 5.10. The van der Waals surface area contributed by atoms with Gasteiger partial charge in [-0.05, 0) is 5.92 Å². The summed E-state index contributed by atoms with van der Waals surface area (Å²) in [6.07, 6.45) is 11.1. The molecule has 0 atom stereocenters. The molecule has 76 valence electrons. The van der Waals surface area contributed by atoms with Crippen LogP contribution in [0.1, 0.15) is 64.7 Å². The third-order valence-electron chi connectivity index (χ3n) is 3.14. The van der Waals surface area contributed by atoms with Gasteiger partial charge in [0.15, 0.2) is 0 Å². The summed E-state index contributed by atoms with van der Waals surface area (Å²) in [6.45, 7) is 1.98. The molecule has 0 aromatic heterocycles. The molecule has 0 aromatic rings. The van der Waals surface area contributed by atoms with E-state index in [1.807, 2.05) is 6.92 Å². The molecular weight excluding hydrogens is 160 g/mol. The minimum absolute atomic E-state index is 0.463. The molecular formula is C12H22O. The second kappa shape index (κ2) is 6.17. The first-order valence-corrected chi connectivity index (χ1v) is 5.84. The quantitative estimate of drug-likeness (QED) is 0.650. The van der Waals surface area contributed by atoms with Crippen LogP contribution in [-0.2, 0) is 4.79 Å². The zero-order chi connectivity index (χ0) is 9.52. The SMILES string of the molecule is CCC(=O)CC1CCCCCCC1.